The van der Waals surface area contributed by atoms with Gasteiger partial charge in [-0.25, -0.2) is 4.98 Å². The van der Waals surface area contributed by atoms with Gasteiger partial charge in [0, 0.05) is 52.5 Å². The Balaban J connectivity index is 1.57. The molecule has 0 radical (unpaired) electrons. The molecule has 1 aromatic heterocycles. The molecule has 2 aromatic rings. The third kappa shape index (κ3) is 5.70. The summed E-state index contributed by atoms with van der Waals surface area (Å²) >= 11 is 0. The van der Waals surface area contributed by atoms with Crippen molar-refractivity contribution in [1.29, 1.82) is 0 Å². The van der Waals surface area contributed by atoms with Crippen molar-refractivity contribution in [2.24, 2.45) is 4.99 Å². The van der Waals surface area contributed by atoms with Gasteiger partial charge in [-0.2, -0.15) is 0 Å². The lowest BCUT2D eigenvalue weighted by Crippen LogP contribution is -2.52. The number of hydrogen-bond acceptors (Lipinski definition) is 4. The first-order valence-corrected chi connectivity index (χ1v) is 10.7. The minimum Gasteiger partial charge on any atom is -0.353 e. The Morgan fingerprint density at radius 1 is 1.00 bits per heavy atom. The van der Waals surface area contributed by atoms with Crippen LogP contribution in [-0.4, -0.2) is 67.1 Å². The second kappa shape index (κ2) is 10.8. The number of nitrogens with zero attached hydrogens (tertiary/aromatic N) is 5. The first kappa shape index (κ1) is 21.1. The number of piperazine rings is 1. The topological polar surface area (TPSA) is 47.0 Å². The first-order valence-electron chi connectivity index (χ1n) is 10.7. The van der Waals surface area contributed by atoms with Crippen molar-refractivity contribution < 1.29 is 0 Å². The summed E-state index contributed by atoms with van der Waals surface area (Å²) in [6, 6.07) is 14.8. The van der Waals surface area contributed by atoms with E-state index in [0.717, 1.165) is 64.1 Å². The summed E-state index contributed by atoms with van der Waals surface area (Å²) in [6.45, 7) is 12.2. The Labute approximate surface area is 175 Å². The Bertz CT molecular complexity index is 764. The molecule has 0 amide bonds. The maximum atomic E-state index is 4.53. The second-order valence-corrected chi connectivity index (χ2v) is 7.29. The van der Waals surface area contributed by atoms with E-state index < -0.39 is 0 Å². The Morgan fingerprint density at radius 3 is 2.31 bits per heavy atom. The largest absolute Gasteiger partial charge is 0.353 e. The molecule has 0 aliphatic carbocycles. The van der Waals surface area contributed by atoms with Gasteiger partial charge in [-0.05, 0) is 36.3 Å². The molecule has 0 saturated carbocycles. The van der Waals surface area contributed by atoms with Gasteiger partial charge in [0.1, 0.15) is 5.82 Å². The van der Waals surface area contributed by atoms with Crippen LogP contribution < -0.4 is 10.2 Å². The molecule has 1 aliphatic heterocycles. The van der Waals surface area contributed by atoms with E-state index >= 15 is 0 Å². The molecule has 0 spiro atoms. The van der Waals surface area contributed by atoms with E-state index in [1.165, 1.54) is 11.1 Å². The van der Waals surface area contributed by atoms with Gasteiger partial charge >= 0.3 is 0 Å². The molecular weight excluding hydrogens is 360 g/mol. The SMILES string of the molecule is CCN(CC)Cc1ccccc1CNC(=NC)N1CCN(c2ccccn2)CC1. The molecule has 0 bridgehead atoms. The summed E-state index contributed by atoms with van der Waals surface area (Å²) in [5.41, 5.74) is 2.73. The summed E-state index contributed by atoms with van der Waals surface area (Å²) in [4.78, 5) is 16.1. The van der Waals surface area contributed by atoms with Gasteiger partial charge in [-0.3, -0.25) is 9.89 Å². The fourth-order valence-corrected chi connectivity index (χ4v) is 3.77. The van der Waals surface area contributed by atoms with Crippen LogP contribution in [0.5, 0.6) is 0 Å². The van der Waals surface area contributed by atoms with Gasteiger partial charge in [0.05, 0.1) is 0 Å². The molecule has 1 saturated heterocycles. The van der Waals surface area contributed by atoms with Crippen LogP contribution in [0.15, 0.2) is 53.7 Å². The molecule has 1 fully saturated rings. The minimum atomic E-state index is 0.796. The van der Waals surface area contributed by atoms with Crippen molar-refractivity contribution in [2.45, 2.75) is 26.9 Å². The molecule has 0 unspecified atom stereocenters. The van der Waals surface area contributed by atoms with Gasteiger partial charge in [-0.15, -0.1) is 0 Å². The third-order valence-electron chi connectivity index (χ3n) is 5.61. The number of benzene rings is 1. The van der Waals surface area contributed by atoms with E-state index in [1.54, 1.807) is 0 Å². The van der Waals surface area contributed by atoms with Crippen molar-refractivity contribution in [3.05, 3.63) is 59.8 Å². The predicted molar refractivity (Wildman–Crippen MR) is 121 cm³/mol. The van der Waals surface area contributed by atoms with E-state index in [0.29, 0.717) is 0 Å². The van der Waals surface area contributed by atoms with Crippen molar-refractivity contribution in [3.63, 3.8) is 0 Å². The van der Waals surface area contributed by atoms with E-state index in [2.05, 4.69) is 74.2 Å². The summed E-state index contributed by atoms with van der Waals surface area (Å²) in [7, 11) is 1.87. The molecular formula is C23H34N6. The van der Waals surface area contributed by atoms with Gasteiger partial charge < -0.3 is 15.1 Å². The summed E-state index contributed by atoms with van der Waals surface area (Å²) < 4.78 is 0. The molecule has 0 atom stereocenters. The number of pyridine rings is 1. The Kier molecular flexibility index (Phi) is 7.87. The van der Waals surface area contributed by atoms with Crippen molar-refractivity contribution in [3.8, 4) is 0 Å². The van der Waals surface area contributed by atoms with E-state index in [9.17, 15) is 0 Å². The standard InChI is InChI=1S/C23H34N6/c1-4-27(5-2)19-21-11-7-6-10-20(21)18-26-23(24-3)29-16-14-28(15-17-29)22-12-8-9-13-25-22/h6-13H,4-5,14-19H2,1-3H3,(H,24,26). The quantitative estimate of drug-likeness (QED) is 0.578. The van der Waals surface area contributed by atoms with Crippen LogP contribution in [0.25, 0.3) is 0 Å². The molecule has 6 heteroatoms. The molecule has 1 aliphatic rings. The lowest BCUT2D eigenvalue weighted by atomic mass is 10.1. The summed E-state index contributed by atoms with van der Waals surface area (Å²) in [5, 5.41) is 3.58. The van der Waals surface area contributed by atoms with Gasteiger partial charge in [0.2, 0.25) is 0 Å². The lowest BCUT2D eigenvalue weighted by Gasteiger charge is -2.37. The lowest BCUT2D eigenvalue weighted by molar-refractivity contribution is 0.295. The highest BCUT2D eigenvalue weighted by molar-refractivity contribution is 5.80. The molecule has 6 nitrogen and oxygen atoms in total. The summed E-state index contributed by atoms with van der Waals surface area (Å²) in [6.07, 6.45) is 1.86. The summed E-state index contributed by atoms with van der Waals surface area (Å²) in [5.74, 6) is 2.03. The first-order chi connectivity index (χ1) is 14.2. The zero-order valence-corrected chi connectivity index (χ0v) is 18.0. The van der Waals surface area contributed by atoms with Crippen LogP contribution in [0.3, 0.4) is 0 Å². The van der Waals surface area contributed by atoms with E-state index in [-0.39, 0.29) is 0 Å². The maximum absolute atomic E-state index is 4.53. The fraction of sp³-hybridized carbons (Fsp3) is 0.478. The average Bonchev–Trinajstić information content (AvgIpc) is 2.79. The third-order valence-corrected chi connectivity index (χ3v) is 5.61. The molecule has 29 heavy (non-hydrogen) atoms. The van der Waals surface area contributed by atoms with Gasteiger partial charge in [-0.1, -0.05) is 44.2 Å². The molecule has 2 heterocycles. The number of anilines is 1. The molecule has 156 valence electrons. The molecule has 3 rings (SSSR count). The normalized spacial score (nSPS) is 15.1. The maximum Gasteiger partial charge on any atom is 0.194 e. The van der Waals surface area contributed by atoms with Gasteiger partial charge in [0.25, 0.3) is 0 Å². The van der Waals surface area contributed by atoms with Crippen LogP contribution in [-0.2, 0) is 13.1 Å². The Hall–Kier alpha value is -2.60. The smallest absolute Gasteiger partial charge is 0.194 e. The fourth-order valence-electron chi connectivity index (χ4n) is 3.77. The highest BCUT2D eigenvalue weighted by Gasteiger charge is 2.20. The zero-order chi connectivity index (χ0) is 20.5. The van der Waals surface area contributed by atoms with Crippen LogP contribution in [0.1, 0.15) is 25.0 Å². The predicted octanol–water partition coefficient (Wildman–Crippen LogP) is 2.82. The number of hydrogen-bond donors (Lipinski definition) is 1. The number of nitrogens with one attached hydrogen (secondary N) is 1. The Morgan fingerprint density at radius 2 is 1.69 bits per heavy atom. The van der Waals surface area contributed by atoms with Gasteiger partial charge in [0.15, 0.2) is 5.96 Å². The highest BCUT2D eigenvalue weighted by Crippen LogP contribution is 2.14. The molecule has 1 N–H and O–H groups in total. The molecule has 1 aromatic carbocycles. The number of aromatic nitrogens is 1. The van der Waals surface area contributed by atoms with Crippen LogP contribution in [0.4, 0.5) is 5.82 Å². The van der Waals surface area contributed by atoms with Crippen LogP contribution in [0.2, 0.25) is 0 Å². The number of guanidine groups is 1. The second-order valence-electron chi connectivity index (χ2n) is 7.29. The van der Waals surface area contributed by atoms with Crippen LogP contribution >= 0.6 is 0 Å². The number of rotatable bonds is 7. The van der Waals surface area contributed by atoms with Crippen molar-refractivity contribution in [2.75, 3.05) is 51.2 Å². The minimum absolute atomic E-state index is 0.796. The highest BCUT2D eigenvalue weighted by atomic mass is 15.4. The number of aliphatic imine (C=N–C) groups is 1. The van der Waals surface area contributed by atoms with E-state index in [4.69, 9.17) is 0 Å². The van der Waals surface area contributed by atoms with Crippen molar-refractivity contribution >= 4 is 11.8 Å². The van der Waals surface area contributed by atoms with Crippen molar-refractivity contribution in [1.82, 2.24) is 20.1 Å². The monoisotopic (exact) mass is 394 g/mol. The average molecular weight is 395 g/mol. The van der Waals surface area contributed by atoms with E-state index in [1.807, 2.05) is 25.4 Å². The zero-order valence-electron chi connectivity index (χ0n) is 18.0. The van der Waals surface area contributed by atoms with Crippen LogP contribution in [0, 0.1) is 0 Å².